The van der Waals surface area contributed by atoms with Crippen molar-refractivity contribution in [3.8, 4) is 0 Å². The van der Waals surface area contributed by atoms with E-state index in [1.807, 2.05) is 60.7 Å². The molecule has 0 bridgehead atoms. The lowest BCUT2D eigenvalue weighted by Gasteiger charge is -2.24. The van der Waals surface area contributed by atoms with Gasteiger partial charge in [-0.2, -0.15) is 0 Å². The van der Waals surface area contributed by atoms with E-state index in [2.05, 4.69) is 5.32 Å². The fraction of sp³-hybridized carbons (Fsp3) is 0.381. The molecule has 4 heteroatoms. The number of benzene rings is 2. The summed E-state index contributed by atoms with van der Waals surface area (Å²) in [6, 6.07) is 19.0. The van der Waals surface area contributed by atoms with Gasteiger partial charge in [0.2, 0.25) is 5.91 Å². The molecular weight excluding hydrogens is 314 g/mol. The van der Waals surface area contributed by atoms with Gasteiger partial charge in [-0.1, -0.05) is 60.7 Å². The molecule has 0 fully saturated rings. The number of hydrogen-bond donors (Lipinski definition) is 3. The molecule has 2 aromatic rings. The monoisotopic (exact) mass is 341 g/mol. The summed E-state index contributed by atoms with van der Waals surface area (Å²) in [5, 5.41) is 23.2. The van der Waals surface area contributed by atoms with Crippen molar-refractivity contribution in [2.24, 2.45) is 0 Å². The third-order valence-electron chi connectivity index (χ3n) is 4.34. The lowest BCUT2D eigenvalue weighted by Crippen LogP contribution is -2.35. The Morgan fingerprint density at radius 3 is 2.20 bits per heavy atom. The molecule has 3 atom stereocenters. The van der Waals surface area contributed by atoms with E-state index >= 15 is 0 Å². The number of nitrogens with one attached hydrogen (secondary N) is 1. The summed E-state index contributed by atoms with van der Waals surface area (Å²) in [5.41, 5.74) is 0.588. The van der Waals surface area contributed by atoms with Gasteiger partial charge in [-0.3, -0.25) is 4.79 Å². The predicted molar refractivity (Wildman–Crippen MR) is 99.1 cm³/mol. The maximum Gasteiger partial charge on any atom is 0.223 e. The van der Waals surface area contributed by atoms with Gasteiger partial charge in [-0.25, -0.2) is 0 Å². The van der Waals surface area contributed by atoms with E-state index in [1.165, 1.54) is 0 Å². The van der Waals surface area contributed by atoms with E-state index in [9.17, 15) is 15.0 Å². The minimum absolute atomic E-state index is 0.00674. The van der Waals surface area contributed by atoms with Crippen LogP contribution >= 0.6 is 0 Å². The molecule has 4 nitrogen and oxygen atoms in total. The zero-order valence-corrected chi connectivity index (χ0v) is 14.9. The van der Waals surface area contributed by atoms with Crippen molar-refractivity contribution < 1.29 is 15.0 Å². The summed E-state index contributed by atoms with van der Waals surface area (Å²) in [5.74, 6) is -0.174. The minimum atomic E-state index is -1.21. The first-order valence-electron chi connectivity index (χ1n) is 8.66. The van der Waals surface area contributed by atoms with E-state index in [-0.39, 0.29) is 18.2 Å². The quantitative estimate of drug-likeness (QED) is 0.691. The SMILES string of the molecule is CC(O)CC(CNC(=O)CC(C)(O)c1ccccc1)c1ccccc1. The smallest absolute Gasteiger partial charge is 0.223 e. The van der Waals surface area contributed by atoms with Crippen LogP contribution in [0.15, 0.2) is 60.7 Å². The number of hydrogen-bond acceptors (Lipinski definition) is 3. The van der Waals surface area contributed by atoms with Crippen molar-refractivity contribution in [1.82, 2.24) is 5.32 Å². The number of carbonyl (C=O) groups is 1. The van der Waals surface area contributed by atoms with Crippen molar-refractivity contribution in [1.29, 1.82) is 0 Å². The molecule has 2 aromatic carbocycles. The van der Waals surface area contributed by atoms with Gasteiger partial charge < -0.3 is 15.5 Å². The maximum atomic E-state index is 12.3. The van der Waals surface area contributed by atoms with E-state index in [1.54, 1.807) is 13.8 Å². The molecule has 0 aliphatic rings. The molecule has 0 aliphatic carbocycles. The summed E-state index contributed by atoms with van der Waals surface area (Å²) >= 11 is 0. The number of rotatable bonds is 8. The Kier molecular flexibility index (Phi) is 6.73. The molecule has 2 rings (SSSR count). The summed E-state index contributed by atoms with van der Waals surface area (Å²) in [4.78, 5) is 12.3. The van der Waals surface area contributed by atoms with Crippen LogP contribution in [0.2, 0.25) is 0 Å². The van der Waals surface area contributed by atoms with Crippen LogP contribution in [0.5, 0.6) is 0 Å². The minimum Gasteiger partial charge on any atom is -0.393 e. The van der Waals surface area contributed by atoms with Gasteiger partial charge in [0.25, 0.3) is 0 Å². The Hall–Kier alpha value is -2.17. The zero-order valence-electron chi connectivity index (χ0n) is 14.9. The third kappa shape index (κ3) is 6.00. The van der Waals surface area contributed by atoms with E-state index in [4.69, 9.17) is 0 Å². The fourth-order valence-corrected chi connectivity index (χ4v) is 2.99. The topological polar surface area (TPSA) is 69.6 Å². The standard InChI is InChI=1S/C21H27NO3/c1-16(23)13-18(17-9-5-3-6-10-17)15-22-20(24)14-21(2,25)19-11-7-4-8-12-19/h3-12,16,18,23,25H,13-15H2,1-2H3,(H,22,24). The van der Waals surface area contributed by atoms with Crippen molar-refractivity contribution in [3.05, 3.63) is 71.8 Å². The highest BCUT2D eigenvalue weighted by Crippen LogP contribution is 2.24. The lowest BCUT2D eigenvalue weighted by molar-refractivity contribution is -0.125. The first-order valence-corrected chi connectivity index (χ1v) is 8.66. The summed E-state index contributed by atoms with van der Waals surface area (Å²) < 4.78 is 0. The Morgan fingerprint density at radius 2 is 1.64 bits per heavy atom. The first kappa shape index (κ1) is 19.2. The highest BCUT2D eigenvalue weighted by molar-refractivity contribution is 5.77. The molecule has 25 heavy (non-hydrogen) atoms. The third-order valence-corrected chi connectivity index (χ3v) is 4.34. The molecule has 1 amide bonds. The maximum absolute atomic E-state index is 12.3. The van der Waals surface area contributed by atoms with Crippen molar-refractivity contribution >= 4 is 5.91 Å². The van der Waals surface area contributed by atoms with E-state index < -0.39 is 11.7 Å². The van der Waals surface area contributed by atoms with E-state index in [0.29, 0.717) is 18.5 Å². The Morgan fingerprint density at radius 1 is 1.08 bits per heavy atom. The second-order valence-electron chi connectivity index (χ2n) is 6.81. The number of aliphatic hydroxyl groups excluding tert-OH is 1. The fourth-order valence-electron chi connectivity index (χ4n) is 2.99. The average Bonchev–Trinajstić information content (AvgIpc) is 2.59. The van der Waals surface area contributed by atoms with Crippen LogP contribution < -0.4 is 5.32 Å². The van der Waals surface area contributed by atoms with Crippen LogP contribution in [0, 0.1) is 0 Å². The van der Waals surface area contributed by atoms with Crippen LogP contribution in [-0.2, 0) is 10.4 Å². The zero-order chi connectivity index (χ0) is 18.3. The molecule has 0 heterocycles. The Balaban J connectivity index is 1.97. The average molecular weight is 341 g/mol. The molecule has 0 radical (unpaired) electrons. The number of carbonyl (C=O) groups excluding carboxylic acids is 1. The van der Waals surface area contributed by atoms with Gasteiger partial charge in [0.15, 0.2) is 0 Å². The normalized spacial score (nSPS) is 15.8. The van der Waals surface area contributed by atoms with Crippen LogP contribution in [-0.4, -0.2) is 28.8 Å². The van der Waals surface area contributed by atoms with E-state index in [0.717, 1.165) is 5.56 Å². The largest absolute Gasteiger partial charge is 0.393 e. The van der Waals surface area contributed by atoms with Gasteiger partial charge >= 0.3 is 0 Å². The molecule has 0 spiro atoms. The summed E-state index contributed by atoms with van der Waals surface area (Å²) in [7, 11) is 0. The number of amides is 1. The first-order chi connectivity index (χ1) is 11.9. The highest BCUT2D eigenvalue weighted by atomic mass is 16.3. The molecular formula is C21H27NO3. The Labute approximate surface area is 149 Å². The summed E-state index contributed by atoms with van der Waals surface area (Å²) in [6.45, 7) is 3.82. The molecule has 3 N–H and O–H groups in total. The lowest BCUT2D eigenvalue weighted by atomic mass is 9.91. The van der Waals surface area contributed by atoms with Gasteiger partial charge in [0.1, 0.15) is 0 Å². The van der Waals surface area contributed by atoms with Crippen LogP contribution in [0.3, 0.4) is 0 Å². The summed E-state index contributed by atoms with van der Waals surface area (Å²) in [6.07, 6.45) is 0.113. The van der Waals surface area contributed by atoms with Crippen LogP contribution in [0.1, 0.15) is 43.7 Å². The van der Waals surface area contributed by atoms with Crippen molar-refractivity contribution in [3.63, 3.8) is 0 Å². The van der Waals surface area contributed by atoms with Gasteiger partial charge in [-0.15, -0.1) is 0 Å². The predicted octanol–water partition coefficient (Wildman–Crippen LogP) is 2.96. The molecule has 134 valence electrons. The molecule has 3 unspecified atom stereocenters. The molecule has 0 aromatic heterocycles. The van der Waals surface area contributed by atoms with Crippen LogP contribution in [0.4, 0.5) is 0 Å². The van der Waals surface area contributed by atoms with Gasteiger partial charge in [0.05, 0.1) is 18.1 Å². The van der Waals surface area contributed by atoms with Crippen molar-refractivity contribution in [2.45, 2.75) is 44.3 Å². The highest BCUT2D eigenvalue weighted by Gasteiger charge is 2.26. The second kappa shape index (κ2) is 8.79. The van der Waals surface area contributed by atoms with Crippen LogP contribution in [0.25, 0.3) is 0 Å². The van der Waals surface area contributed by atoms with Gasteiger partial charge in [-0.05, 0) is 31.4 Å². The van der Waals surface area contributed by atoms with Gasteiger partial charge in [0, 0.05) is 12.5 Å². The molecule has 0 saturated carbocycles. The second-order valence-corrected chi connectivity index (χ2v) is 6.81. The molecule has 0 aliphatic heterocycles. The number of aliphatic hydroxyl groups is 2. The van der Waals surface area contributed by atoms with Crippen molar-refractivity contribution in [2.75, 3.05) is 6.54 Å². The molecule has 0 saturated heterocycles. The Bertz CT molecular complexity index is 653.